The molecule has 1 saturated carbocycles. The molecular formula is C17H23IN4O. The van der Waals surface area contributed by atoms with E-state index in [0.717, 1.165) is 35.4 Å². The Kier molecular flexibility index (Phi) is 6.44. The van der Waals surface area contributed by atoms with Crippen LogP contribution in [0.3, 0.4) is 0 Å². The third kappa shape index (κ3) is 4.95. The number of nitrogens with zero attached hydrogens (tertiary/aromatic N) is 2. The van der Waals surface area contributed by atoms with Crippen LogP contribution >= 0.6 is 24.0 Å². The molecule has 6 heteroatoms. The van der Waals surface area contributed by atoms with Crippen molar-refractivity contribution in [3.05, 3.63) is 42.1 Å². The van der Waals surface area contributed by atoms with Gasteiger partial charge in [0.25, 0.3) is 0 Å². The Hall–Kier alpha value is -1.57. The van der Waals surface area contributed by atoms with Crippen molar-refractivity contribution in [2.75, 3.05) is 6.54 Å². The minimum Gasteiger partial charge on any atom is -0.357 e. The summed E-state index contributed by atoms with van der Waals surface area (Å²) in [7, 11) is 0. The number of rotatable bonds is 5. The summed E-state index contributed by atoms with van der Waals surface area (Å²) in [5.74, 6) is 2.36. The number of hydrogen-bond donors (Lipinski definition) is 2. The second-order valence-electron chi connectivity index (χ2n) is 5.71. The molecule has 0 aliphatic heterocycles. The van der Waals surface area contributed by atoms with Gasteiger partial charge in [-0.05, 0) is 19.3 Å². The van der Waals surface area contributed by atoms with E-state index in [-0.39, 0.29) is 24.0 Å². The predicted octanol–water partition coefficient (Wildman–Crippen LogP) is 3.42. The molecule has 0 amide bonds. The highest BCUT2D eigenvalue weighted by molar-refractivity contribution is 14.0. The van der Waals surface area contributed by atoms with Crippen molar-refractivity contribution in [1.82, 2.24) is 15.8 Å². The first kappa shape index (κ1) is 17.8. The van der Waals surface area contributed by atoms with Crippen LogP contribution in [0.4, 0.5) is 0 Å². The molecule has 0 radical (unpaired) electrons. The second-order valence-corrected chi connectivity index (χ2v) is 5.71. The van der Waals surface area contributed by atoms with Crippen LogP contribution in [0.15, 0.2) is 45.9 Å². The first-order chi connectivity index (χ1) is 10.8. The van der Waals surface area contributed by atoms with Gasteiger partial charge in [0.15, 0.2) is 11.7 Å². The van der Waals surface area contributed by atoms with E-state index in [2.05, 4.69) is 34.6 Å². The third-order valence-corrected chi connectivity index (χ3v) is 3.79. The standard InChI is InChI=1S/C17H22N4O.HI/c1-3-18-17(20-15-9-12(15)2)19-11-14-10-16(22-21-14)13-7-5-4-6-8-13;/h4-8,10,12,15H,3,9,11H2,1-2H3,(H2,18,19,20);1H. The highest BCUT2D eigenvalue weighted by Crippen LogP contribution is 2.28. The predicted molar refractivity (Wildman–Crippen MR) is 103 cm³/mol. The fourth-order valence-electron chi connectivity index (χ4n) is 2.30. The fraction of sp³-hybridized carbons (Fsp3) is 0.412. The molecule has 1 aromatic carbocycles. The Morgan fingerprint density at radius 1 is 1.35 bits per heavy atom. The number of benzene rings is 1. The maximum atomic E-state index is 5.39. The lowest BCUT2D eigenvalue weighted by molar-refractivity contribution is 0.424. The molecule has 5 nitrogen and oxygen atoms in total. The van der Waals surface area contributed by atoms with Crippen LogP contribution in [0.2, 0.25) is 0 Å². The summed E-state index contributed by atoms with van der Waals surface area (Å²) < 4.78 is 5.39. The quantitative estimate of drug-likeness (QED) is 0.437. The smallest absolute Gasteiger partial charge is 0.191 e. The van der Waals surface area contributed by atoms with E-state index in [4.69, 9.17) is 4.52 Å². The highest BCUT2D eigenvalue weighted by atomic mass is 127. The van der Waals surface area contributed by atoms with Gasteiger partial charge in [-0.3, -0.25) is 0 Å². The van der Waals surface area contributed by atoms with Crippen molar-refractivity contribution >= 4 is 29.9 Å². The summed E-state index contributed by atoms with van der Waals surface area (Å²) in [6.45, 7) is 5.66. The molecular weight excluding hydrogens is 403 g/mol. The molecule has 2 aromatic rings. The average molecular weight is 426 g/mol. The molecule has 2 N–H and O–H groups in total. The summed E-state index contributed by atoms with van der Waals surface area (Å²) >= 11 is 0. The van der Waals surface area contributed by atoms with Crippen LogP contribution in [-0.2, 0) is 6.54 Å². The maximum Gasteiger partial charge on any atom is 0.191 e. The number of guanidine groups is 1. The lowest BCUT2D eigenvalue weighted by Gasteiger charge is -2.09. The fourth-order valence-corrected chi connectivity index (χ4v) is 2.30. The van der Waals surface area contributed by atoms with Crippen LogP contribution in [0.25, 0.3) is 11.3 Å². The van der Waals surface area contributed by atoms with Gasteiger partial charge < -0.3 is 15.2 Å². The van der Waals surface area contributed by atoms with Crippen LogP contribution < -0.4 is 10.6 Å². The van der Waals surface area contributed by atoms with Gasteiger partial charge >= 0.3 is 0 Å². The summed E-state index contributed by atoms with van der Waals surface area (Å²) in [5, 5.41) is 10.8. The van der Waals surface area contributed by atoms with Gasteiger partial charge in [-0.2, -0.15) is 0 Å². The van der Waals surface area contributed by atoms with E-state index < -0.39 is 0 Å². The minimum atomic E-state index is 0. The lowest BCUT2D eigenvalue weighted by atomic mass is 10.2. The Bertz CT molecular complexity index is 641. The third-order valence-electron chi connectivity index (χ3n) is 3.79. The van der Waals surface area contributed by atoms with Gasteiger partial charge in [-0.1, -0.05) is 42.4 Å². The van der Waals surface area contributed by atoms with Crippen LogP contribution in [0.5, 0.6) is 0 Å². The van der Waals surface area contributed by atoms with Gasteiger partial charge in [0.1, 0.15) is 5.69 Å². The van der Waals surface area contributed by atoms with Crippen LogP contribution in [0, 0.1) is 5.92 Å². The molecule has 1 aromatic heterocycles. The summed E-state index contributed by atoms with van der Waals surface area (Å²) in [5.41, 5.74) is 1.86. The summed E-state index contributed by atoms with van der Waals surface area (Å²) in [6.07, 6.45) is 1.21. The minimum absolute atomic E-state index is 0. The van der Waals surface area contributed by atoms with Gasteiger partial charge in [-0.25, -0.2) is 4.99 Å². The Labute approximate surface area is 154 Å². The normalized spacial score (nSPS) is 19.8. The van der Waals surface area contributed by atoms with E-state index in [0.29, 0.717) is 12.6 Å². The van der Waals surface area contributed by atoms with Crippen LogP contribution in [0.1, 0.15) is 26.0 Å². The molecule has 1 aliphatic carbocycles. The number of aliphatic imine (C=N–C) groups is 1. The second kappa shape index (κ2) is 8.33. The molecule has 2 atom stereocenters. The Morgan fingerprint density at radius 3 is 2.74 bits per heavy atom. The highest BCUT2D eigenvalue weighted by Gasteiger charge is 2.33. The van der Waals surface area contributed by atoms with Crippen LogP contribution in [-0.4, -0.2) is 23.7 Å². The van der Waals surface area contributed by atoms with Crippen molar-refractivity contribution in [2.45, 2.75) is 32.9 Å². The monoisotopic (exact) mass is 426 g/mol. The number of nitrogens with one attached hydrogen (secondary N) is 2. The SMILES string of the molecule is CCNC(=NCc1cc(-c2ccccc2)on1)NC1CC1C.I. The molecule has 1 heterocycles. The van der Waals surface area contributed by atoms with Crippen molar-refractivity contribution in [1.29, 1.82) is 0 Å². The summed E-state index contributed by atoms with van der Waals surface area (Å²) in [6, 6.07) is 12.5. The molecule has 1 aliphatic rings. The van der Waals surface area contributed by atoms with E-state index in [1.165, 1.54) is 6.42 Å². The first-order valence-corrected chi connectivity index (χ1v) is 7.82. The van der Waals surface area contributed by atoms with Gasteiger partial charge in [0, 0.05) is 24.2 Å². The molecule has 1 fully saturated rings. The first-order valence-electron chi connectivity index (χ1n) is 7.82. The Morgan fingerprint density at radius 2 is 2.09 bits per heavy atom. The molecule has 3 rings (SSSR count). The molecule has 124 valence electrons. The molecule has 0 spiro atoms. The lowest BCUT2D eigenvalue weighted by Crippen LogP contribution is -2.39. The van der Waals surface area contributed by atoms with Crippen molar-refractivity contribution < 1.29 is 4.52 Å². The molecule has 23 heavy (non-hydrogen) atoms. The molecule has 0 saturated heterocycles. The number of halogens is 1. The van der Waals surface area contributed by atoms with Crippen molar-refractivity contribution in [3.63, 3.8) is 0 Å². The van der Waals surface area contributed by atoms with E-state index >= 15 is 0 Å². The largest absolute Gasteiger partial charge is 0.357 e. The maximum absolute atomic E-state index is 5.39. The van der Waals surface area contributed by atoms with E-state index in [1.54, 1.807) is 0 Å². The van der Waals surface area contributed by atoms with Gasteiger partial charge in [0.2, 0.25) is 0 Å². The Balaban J connectivity index is 0.00000192. The summed E-state index contributed by atoms with van der Waals surface area (Å²) in [4.78, 5) is 4.58. The average Bonchev–Trinajstić information content (AvgIpc) is 3.03. The zero-order chi connectivity index (χ0) is 15.4. The van der Waals surface area contributed by atoms with Crippen molar-refractivity contribution in [3.8, 4) is 11.3 Å². The zero-order valence-corrected chi connectivity index (χ0v) is 15.8. The zero-order valence-electron chi connectivity index (χ0n) is 13.5. The molecule has 2 unspecified atom stereocenters. The van der Waals surface area contributed by atoms with Crippen molar-refractivity contribution in [2.24, 2.45) is 10.9 Å². The number of aromatic nitrogens is 1. The van der Waals surface area contributed by atoms with E-state index in [1.807, 2.05) is 36.4 Å². The topological polar surface area (TPSA) is 62.5 Å². The van der Waals surface area contributed by atoms with E-state index in [9.17, 15) is 0 Å². The molecule has 0 bridgehead atoms. The van der Waals surface area contributed by atoms with Gasteiger partial charge in [-0.15, -0.1) is 24.0 Å². The number of hydrogen-bond acceptors (Lipinski definition) is 3. The van der Waals surface area contributed by atoms with Gasteiger partial charge in [0.05, 0.1) is 6.54 Å².